The lowest BCUT2D eigenvalue weighted by molar-refractivity contribution is 0.636. The molecule has 0 aliphatic carbocycles. The van der Waals surface area contributed by atoms with Crippen molar-refractivity contribution in [3.63, 3.8) is 0 Å². The second-order valence-corrected chi connectivity index (χ2v) is 5.33. The van der Waals surface area contributed by atoms with Crippen LogP contribution in [0.15, 0.2) is 24.3 Å². The van der Waals surface area contributed by atoms with E-state index in [9.17, 15) is 0 Å². The summed E-state index contributed by atoms with van der Waals surface area (Å²) in [4.78, 5) is 6.11. The highest BCUT2D eigenvalue weighted by molar-refractivity contribution is 7.15. The van der Waals surface area contributed by atoms with Gasteiger partial charge in [-0.1, -0.05) is 23.8 Å². The van der Waals surface area contributed by atoms with Crippen molar-refractivity contribution in [1.29, 1.82) is 0 Å². The molecule has 0 fully saturated rings. The van der Waals surface area contributed by atoms with Crippen LogP contribution in [0.2, 0.25) is 0 Å². The van der Waals surface area contributed by atoms with Gasteiger partial charge in [-0.2, -0.15) is 0 Å². The number of fused-ring (bicyclic) bond motifs is 1. The third-order valence-electron chi connectivity index (χ3n) is 2.96. The SMILES string of the molecule is Cc1cccc(-c2nc3c(s2)C(C)NC3)c1. The molecule has 2 heterocycles. The molecule has 2 nitrogen and oxygen atoms in total. The zero-order valence-electron chi connectivity index (χ0n) is 9.45. The minimum atomic E-state index is 0.464. The first-order valence-electron chi connectivity index (χ1n) is 5.54. The van der Waals surface area contributed by atoms with Gasteiger partial charge >= 0.3 is 0 Å². The molecule has 1 aromatic carbocycles. The van der Waals surface area contributed by atoms with E-state index in [1.165, 1.54) is 21.7 Å². The van der Waals surface area contributed by atoms with E-state index in [0.717, 1.165) is 11.6 Å². The third kappa shape index (κ3) is 1.56. The molecule has 1 aliphatic heterocycles. The van der Waals surface area contributed by atoms with Gasteiger partial charge in [-0.05, 0) is 19.9 Å². The molecule has 1 N–H and O–H groups in total. The smallest absolute Gasteiger partial charge is 0.123 e. The molecular weight excluding hydrogens is 216 g/mol. The van der Waals surface area contributed by atoms with Gasteiger partial charge in [-0.3, -0.25) is 0 Å². The van der Waals surface area contributed by atoms with Crippen LogP contribution >= 0.6 is 11.3 Å². The van der Waals surface area contributed by atoms with Gasteiger partial charge in [0.15, 0.2) is 0 Å². The first kappa shape index (κ1) is 10.00. The van der Waals surface area contributed by atoms with Gasteiger partial charge < -0.3 is 5.32 Å². The molecule has 0 radical (unpaired) electrons. The van der Waals surface area contributed by atoms with E-state index in [4.69, 9.17) is 4.98 Å². The molecule has 0 spiro atoms. The molecule has 2 aromatic rings. The molecule has 1 aromatic heterocycles. The van der Waals surface area contributed by atoms with Crippen molar-refractivity contribution in [3.05, 3.63) is 40.4 Å². The van der Waals surface area contributed by atoms with E-state index >= 15 is 0 Å². The molecule has 0 bridgehead atoms. The lowest BCUT2D eigenvalue weighted by Gasteiger charge is -2.01. The molecule has 0 saturated heterocycles. The number of thiazole rings is 1. The van der Waals surface area contributed by atoms with E-state index < -0.39 is 0 Å². The van der Waals surface area contributed by atoms with Gasteiger partial charge in [0.05, 0.1) is 5.69 Å². The van der Waals surface area contributed by atoms with Crippen LogP contribution < -0.4 is 5.32 Å². The fraction of sp³-hybridized carbons (Fsp3) is 0.308. The lowest BCUT2D eigenvalue weighted by atomic mass is 10.1. The van der Waals surface area contributed by atoms with Crippen molar-refractivity contribution in [1.82, 2.24) is 10.3 Å². The Morgan fingerprint density at radius 3 is 3.06 bits per heavy atom. The predicted octanol–water partition coefficient (Wildman–Crippen LogP) is 3.28. The van der Waals surface area contributed by atoms with Gasteiger partial charge in [0, 0.05) is 23.0 Å². The molecule has 1 aliphatic rings. The molecule has 82 valence electrons. The van der Waals surface area contributed by atoms with Crippen LogP contribution in [-0.4, -0.2) is 4.98 Å². The van der Waals surface area contributed by atoms with Gasteiger partial charge in [0.2, 0.25) is 0 Å². The number of nitrogens with one attached hydrogen (secondary N) is 1. The van der Waals surface area contributed by atoms with E-state index in [1.807, 2.05) is 11.3 Å². The van der Waals surface area contributed by atoms with Crippen LogP contribution in [0.1, 0.15) is 29.1 Å². The predicted molar refractivity (Wildman–Crippen MR) is 67.5 cm³/mol. The number of rotatable bonds is 1. The second kappa shape index (κ2) is 3.68. The summed E-state index contributed by atoms with van der Waals surface area (Å²) in [5, 5.41) is 4.56. The maximum atomic E-state index is 4.71. The Morgan fingerprint density at radius 2 is 2.31 bits per heavy atom. The first-order valence-corrected chi connectivity index (χ1v) is 6.36. The Morgan fingerprint density at radius 1 is 1.44 bits per heavy atom. The molecule has 16 heavy (non-hydrogen) atoms. The van der Waals surface area contributed by atoms with Crippen LogP contribution in [0.25, 0.3) is 10.6 Å². The number of hydrogen-bond donors (Lipinski definition) is 1. The highest BCUT2D eigenvalue weighted by Gasteiger charge is 2.23. The molecule has 1 unspecified atom stereocenters. The summed E-state index contributed by atoms with van der Waals surface area (Å²) in [5.41, 5.74) is 3.76. The van der Waals surface area contributed by atoms with Crippen molar-refractivity contribution >= 4 is 11.3 Å². The maximum absolute atomic E-state index is 4.71. The van der Waals surface area contributed by atoms with Crippen LogP contribution in [0, 0.1) is 6.92 Å². The Kier molecular flexibility index (Phi) is 2.30. The maximum Gasteiger partial charge on any atom is 0.123 e. The van der Waals surface area contributed by atoms with Crippen molar-refractivity contribution in [2.45, 2.75) is 26.4 Å². The minimum Gasteiger partial charge on any atom is -0.304 e. The average molecular weight is 230 g/mol. The number of aryl methyl sites for hydroxylation is 1. The molecule has 1 atom stereocenters. The van der Waals surface area contributed by atoms with Crippen molar-refractivity contribution < 1.29 is 0 Å². The topological polar surface area (TPSA) is 24.9 Å². The Bertz CT molecular complexity index is 530. The third-order valence-corrected chi connectivity index (χ3v) is 4.29. The normalized spacial score (nSPS) is 18.8. The Labute approximate surface area is 99.4 Å². The minimum absolute atomic E-state index is 0.464. The first-order chi connectivity index (χ1) is 7.74. The number of aromatic nitrogens is 1. The zero-order valence-corrected chi connectivity index (χ0v) is 10.3. The van der Waals surface area contributed by atoms with E-state index in [-0.39, 0.29) is 0 Å². The zero-order chi connectivity index (χ0) is 11.1. The quantitative estimate of drug-likeness (QED) is 0.813. The largest absolute Gasteiger partial charge is 0.304 e. The van der Waals surface area contributed by atoms with E-state index in [2.05, 4.69) is 43.4 Å². The van der Waals surface area contributed by atoms with Gasteiger partial charge in [0.1, 0.15) is 5.01 Å². The van der Waals surface area contributed by atoms with Crippen LogP contribution in [0.3, 0.4) is 0 Å². The Balaban J connectivity index is 2.05. The second-order valence-electron chi connectivity index (χ2n) is 4.30. The summed E-state index contributed by atoms with van der Waals surface area (Å²) in [6, 6.07) is 9.02. The Hall–Kier alpha value is -1.19. The summed E-state index contributed by atoms with van der Waals surface area (Å²) >= 11 is 1.82. The summed E-state index contributed by atoms with van der Waals surface area (Å²) in [5.74, 6) is 0. The van der Waals surface area contributed by atoms with Crippen LogP contribution in [-0.2, 0) is 6.54 Å². The molecular formula is C13H14N2S. The van der Waals surface area contributed by atoms with Crippen molar-refractivity contribution in [3.8, 4) is 10.6 Å². The van der Waals surface area contributed by atoms with Crippen molar-refractivity contribution in [2.24, 2.45) is 0 Å². The molecule has 0 saturated carbocycles. The number of nitrogens with zero attached hydrogens (tertiary/aromatic N) is 1. The van der Waals surface area contributed by atoms with E-state index in [1.54, 1.807) is 0 Å². The monoisotopic (exact) mass is 230 g/mol. The number of benzene rings is 1. The van der Waals surface area contributed by atoms with Crippen molar-refractivity contribution in [2.75, 3.05) is 0 Å². The fourth-order valence-electron chi connectivity index (χ4n) is 2.07. The molecule has 0 amide bonds. The van der Waals surface area contributed by atoms with Gasteiger partial charge in [-0.25, -0.2) is 4.98 Å². The van der Waals surface area contributed by atoms with Crippen LogP contribution in [0.5, 0.6) is 0 Å². The highest BCUT2D eigenvalue weighted by Crippen LogP contribution is 2.35. The highest BCUT2D eigenvalue weighted by atomic mass is 32.1. The summed E-state index contributed by atoms with van der Waals surface area (Å²) in [6.07, 6.45) is 0. The summed E-state index contributed by atoms with van der Waals surface area (Å²) < 4.78 is 0. The standard InChI is InChI=1S/C13H14N2S/c1-8-4-3-5-10(6-8)13-15-11-7-14-9(2)12(11)16-13/h3-6,9,14H,7H2,1-2H3. The van der Waals surface area contributed by atoms with Gasteiger partial charge in [0.25, 0.3) is 0 Å². The molecule has 3 heteroatoms. The average Bonchev–Trinajstić information content (AvgIpc) is 2.81. The summed E-state index contributed by atoms with van der Waals surface area (Å²) in [7, 11) is 0. The van der Waals surface area contributed by atoms with Crippen LogP contribution in [0.4, 0.5) is 0 Å². The number of hydrogen-bond acceptors (Lipinski definition) is 3. The molecule has 3 rings (SSSR count). The van der Waals surface area contributed by atoms with E-state index in [0.29, 0.717) is 6.04 Å². The fourth-order valence-corrected chi connectivity index (χ4v) is 3.18. The summed E-state index contributed by atoms with van der Waals surface area (Å²) in [6.45, 7) is 5.23. The van der Waals surface area contributed by atoms with Gasteiger partial charge in [-0.15, -0.1) is 11.3 Å². The lowest BCUT2D eigenvalue weighted by Crippen LogP contribution is -2.07.